The van der Waals surface area contributed by atoms with Crippen LogP contribution in [-0.4, -0.2) is 46.6 Å². The molecule has 1 aromatic heterocycles. The molecular formula is C13H14F3NO3S. The van der Waals surface area contributed by atoms with Crippen LogP contribution in [0.5, 0.6) is 0 Å². The van der Waals surface area contributed by atoms with Crippen molar-refractivity contribution < 1.29 is 27.9 Å². The zero-order valence-corrected chi connectivity index (χ0v) is 11.8. The van der Waals surface area contributed by atoms with Crippen molar-refractivity contribution in [2.45, 2.75) is 31.0 Å². The van der Waals surface area contributed by atoms with Crippen molar-refractivity contribution in [3.63, 3.8) is 0 Å². The number of aliphatic hydroxyl groups is 1. The smallest absolute Gasteiger partial charge is 0.379 e. The predicted molar refractivity (Wildman–Crippen MR) is 70.1 cm³/mol. The van der Waals surface area contributed by atoms with E-state index in [0.29, 0.717) is 4.88 Å². The van der Waals surface area contributed by atoms with Crippen molar-refractivity contribution in [3.05, 3.63) is 22.4 Å². The van der Waals surface area contributed by atoms with Crippen LogP contribution in [0.4, 0.5) is 13.2 Å². The molecule has 1 atom stereocenters. The summed E-state index contributed by atoms with van der Waals surface area (Å²) in [6, 6.07) is 3.35. The number of amides is 1. The van der Waals surface area contributed by atoms with Crippen LogP contribution in [-0.2, 0) is 4.79 Å². The molecule has 1 aliphatic heterocycles. The van der Waals surface area contributed by atoms with Gasteiger partial charge in [-0.2, -0.15) is 13.2 Å². The van der Waals surface area contributed by atoms with Crippen LogP contribution >= 0.6 is 11.3 Å². The molecule has 0 unspecified atom stereocenters. The molecule has 21 heavy (non-hydrogen) atoms. The van der Waals surface area contributed by atoms with Crippen LogP contribution in [0.3, 0.4) is 0 Å². The molecule has 0 saturated carbocycles. The molecule has 0 spiro atoms. The Labute approximate surface area is 123 Å². The van der Waals surface area contributed by atoms with E-state index in [0.717, 1.165) is 4.90 Å². The fourth-order valence-electron chi connectivity index (χ4n) is 2.18. The first-order chi connectivity index (χ1) is 9.73. The van der Waals surface area contributed by atoms with E-state index in [4.69, 9.17) is 0 Å². The molecule has 0 bridgehead atoms. The average molecular weight is 321 g/mol. The van der Waals surface area contributed by atoms with Crippen molar-refractivity contribution >= 4 is 23.0 Å². The van der Waals surface area contributed by atoms with E-state index in [1.54, 1.807) is 17.5 Å². The molecule has 1 saturated heterocycles. The number of hydrogen-bond acceptors (Lipinski definition) is 4. The van der Waals surface area contributed by atoms with Gasteiger partial charge >= 0.3 is 6.18 Å². The molecule has 1 fully saturated rings. The van der Waals surface area contributed by atoms with Gasteiger partial charge in [0.05, 0.1) is 11.4 Å². The Balaban J connectivity index is 1.87. The normalized spacial score (nSPS) is 22.6. The lowest BCUT2D eigenvalue weighted by Gasteiger charge is -2.25. The summed E-state index contributed by atoms with van der Waals surface area (Å²) in [5.41, 5.74) is -2.83. The topological polar surface area (TPSA) is 57.6 Å². The van der Waals surface area contributed by atoms with E-state index in [1.807, 2.05) is 0 Å². The number of carbonyl (C=O) groups excluding carboxylic acids is 2. The predicted octanol–water partition coefficient (Wildman–Crippen LogP) is 2.24. The van der Waals surface area contributed by atoms with Crippen molar-refractivity contribution in [3.8, 4) is 0 Å². The summed E-state index contributed by atoms with van der Waals surface area (Å²) >= 11 is 1.25. The molecule has 0 aliphatic carbocycles. The number of hydrogen-bond donors (Lipinski definition) is 1. The third-order valence-electron chi connectivity index (χ3n) is 3.49. The molecule has 2 heterocycles. The van der Waals surface area contributed by atoms with Crippen LogP contribution in [0, 0.1) is 0 Å². The number of nitrogens with zero attached hydrogens (tertiary/aromatic N) is 1. The Morgan fingerprint density at radius 1 is 1.38 bits per heavy atom. The minimum absolute atomic E-state index is 0.0414. The Morgan fingerprint density at radius 2 is 2.10 bits per heavy atom. The molecule has 0 radical (unpaired) electrons. The highest BCUT2D eigenvalue weighted by molar-refractivity contribution is 7.12. The minimum atomic E-state index is -4.76. The van der Waals surface area contributed by atoms with Gasteiger partial charge in [-0.15, -0.1) is 11.3 Å². The number of ketones is 1. The summed E-state index contributed by atoms with van der Waals surface area (Å²) in [7, 11) is 0. The Kier molecular flexibility index (Phi) is 4.38. The molecule has 1 aliphatic rings. The van der Waals surface area contributed by atoms with Crippen LogP contribution in [0.25, 0.3) is 0 Å². The second-order valence-corrected chi connectivity index (χ2v) is 5.94. The Morgan fingerprint density at radius 3 is 2.62 bits per heavy atom. The summed E-state index contributed by atoms with van der Waals surface area (Å²) < 4.78 is 37.9. The molecule has 1 amide bonds. The van der Waals surface area contributed by atoms with Crippen LogP contribution in [0.1, 0.15) is 28.9 Å². The van der Waals surface area contributed by atoms with Crippen LogP contribution in [0.15, 0.2) is 17.5 Å². The fraction of sp³-hybridized carbons (Fsp3) is 0.538. The number of alkyl halides is 3. The first kappa shape index (κ1) is 16.0. The third kappa shape index (κ3) is 3.44. The van der Waals surface area contributed by atoms with Gasteiger partial charge in [-0.05, 0) is 11.4 Å². The number of rotatable bonds is 4. The first-order valence-corrected chi connectivity index (χ1v) is 7.24. The molecule has 1 N–H and O–H groups in total. The van der Waals surface area contributed by atoms with E-state index >= 15 is 0 Å². The molecule has 116 valence electrons. The monoisotopic (exact) mass is 321 g/mol. The Hall–Kier alpha value is -1.41. The number of β-amino-alcohol motifs (C(OH)–C–C–N with tert-alkyl or cyclic N) is 1. The van der Waals surface area contributed by atoms with Gasteiger partial charge in [0.25, 0.3) is 0 Å². The highest BCUT2D eigenvalue weighted by Crippen LogP contribution is 2.37. The van der Waals surface area contributed by atoms with Crippen molar-refractivity contribution in [2.24, 2.45) is 0 Å². The minimum Gasteiger partial charge on any atom is -0.379 e. The summed E-state index contributed by atoms with van der Waals surface area (Å²) in [6.07, 6.45) is -5.47. The van der Waals surface area contributed by atoms with Crippen molar-refractivity contribution in [1.29, 1.82) is 0 Å². The number of thiophene rings is 1. The van der Waals surface area contributed by atoms with Crippen LogP contribution < -0.4 is 0 Å². The third-order valence-corrected chi connectivity index (χ3v) is 4.40. The van der Waals surface area contributed by atoms with Crippen LogP contribution in [0.2, 0.25) is 0 Å². The summed E-state index contributed by atoms with van der Waals surface area (Å²) in [4.78, 5) is 25.0. The Bertz CT molecular complexity index is 529. The number of carbonyl (C=O) groups is 2. The second kappa shape index (κ2) is 5.76. The van der Waals surface area contributed by atoms with E-state index < -0.39 is 30.7 Å². The van der Waals surface area contributed by atoms with Gasteiger partial charge in [-0.1, -0.05) is 6.07 Å². The maximum atomic E-state index is 12.6. The van der Waals surface area contributed by atoms with E-state index in [1.165, 1.54) is 11.3 Å². The zero-order chi connectivity index (χ0) is 15.7. The summed E-state index contributed by atoms with van der Waals surface area (Å²) in [5.74, 6) is -0.747. The maximum absolute atomic E-state index is 12.6. The lowest BCUT2D eigenvalue weighted by molar-refractivity contribution is -0.253. The quantitative estimate of drug-likeness (QED) is 0.865. The van der Waals surface area contributed by atoms with Gasteiger partial charge in [-0.25, -0.2) is 0 Å². The number of Topliss-reactive ketones (excluding diaryl/α,β-unsaturated/α-hetero) is 1. The van der Waals surface area contributed by atoms with Gasteiger partial charge in [0, 0.05) is 25.8 Å². The van der Waals surface area contributed by atoms with Crippen molar-refractivity contribution in [2.75, 3.05) is 13.1 Å². The number of halogens is 3. The SMILES string of the molecule is O=C(CCC(=O)N1CC[C@@](O)(C(F)(F)F)C1)c1cccs1. The lowest BCUT2D eigenvalue weighted by atomic mass is 10.0. The lowest BCUT2D eigenvalue weighted by Crippen LogP contribution is -2.48. The van der Waals surface area contributed by atoms with E-state index in [2.05, 4.69) is 0 Å². The first-order valence-electron chi connectivity index (χ1n) is 6.36. The van der Waals surface area contributed by atoms with E-state index in [-0.39, 0.29) is 25.2 Å². The summed E-state index contributed by atoms with van der Waals surface area (Å²) in [6.45, 7) is -0.912. The molecular weight excluding hydrogens is 307 g/mol. The maximum Gasteiger partial charge on any atom is 0.419 e. The molecule has 2 rings (SSSR count). The molecule has 8 heteroatoms. The van der Waals surface area contributed by atoms with Gasteiger partial charge in [0.1, 0.15) is 0 Å². The zero-order valence-electron chi connectivity index (χ0n) is 11.0. The fourth-order valence-corrected chi connectivity index (χ4v) is 2.87. The molecule has 0 aromatic carbocycles. The molecule has 4 nitrogen and oxygen atoms in total. The standard InChI is InChI=1S/C13H14F3NO3S/c14-13(15,16)12(20)5-6-17(8-12)11(19)4-3-9(18)10-2-1-7-21-10/h1-2,7,20H,3-6,8H2/t12-/m0/s1. The summed E-state index contributed by atoms with van der Waals surface area (Å²) in [5, 5.41) is 11.2. The highest BCUT2D eigenvalue weighted by Gasteiger charge is 2.57. The van der Waals surface area contributed by atoms with Gasteiger partial charge in [0.15, 0.2) is 11.4 Å². The van der Waals surface area contributed by atoms with E-state index in [9.17, 15) is 27.9 Å². The average Bonchev–Trinajstić information content (AvgIpc) is 3.04. The molecule has 1 aromatic rings. The number of likely N-dealkylation sites (tertiary alicyclic amines) is 1. The van der Waals surface area contributed by atoms with Crippen molar-refractivity contribution in [1.82, 2.24) is 4.90 Å². The second-order valence-electron chi connectivity index (χ2n) is 5.00. The largest absolute Gasteiger partial charge is 0.419 e. The highest BCUT2D eigenvalue weighted by atomic mass is 32.1. The van der Waals surface area contributed by atoms with Gasteiger partial charge < -0.3 is 10.0 Å². The van der Waals surface area contributed by atoms with Gasteiger partial charge in [-0.3, -0.25) is 9.59 Å². The van der Waals surface area contributed by atoms with Gasteiger partial charge in [0.2, 0.25) is 5.91 Å².